The van der Waals surface area contributed by atoms with Crippen molar-refractivity contribution in [3.8, 4) is 0 Å². The van der Waals surface area contributed by atoms with Gasteiger partial charge in [0.15, 0.2) is 0 Å². The number of nitrogens with zero attached hydrogens (tertiary/aromatic N) is 1. The third-order valence-corrected chi connectivity index (χ3v) is 3.64. The summed E-state index contributed by atoms with van der Waals surface area (Å²) in [7, 11) is 0. The van der Waals surface area contributed by atoms with E-state index < -0.39 is 5.60 Å². The van der Waals surface area contributed by atoms with Crippen LogP contribution in [0.25, 0.3) is 0 Å². The number of ether oxygens (including phenoxy) is 1. The van der Waals surface area contributed by atoms with E-state index in [2.05, 4.69) is 0 Å². The third kappa shape index (κ3) is 3.70. The summed E-state index contributed by atoms with van der Waals surface area (Å²) < 4.78 is 18.1. The number of hydrogen-bond acceptors (Lipinski definition) is 3. The van der Waals surface area contributed by atoms with Gasteiger partial charge in [0, 0.05) is 19.5 Å². The largest absolute Gasteiger partial charge is 0.450 e. The van der Waals surface area contributed by atoms with Crippen LogP contribution in [0.4, 0.5) is 9.18 Å². The van der Waals surface area contributed by atoms with Crippen LogP contribution in [0.5, 0.6) is 0 Å². The lowest BCUT2D eigenvalue weighted by Gasteiger charge is -2.37. The molecule has 0 unspecified atom stereocenters. The lowest BCUT2D eigenvalue weighted by Crippen LogP contribution is -2.47. The number of amides is 1. The van der Waals surface area contributed by atoms with Crippen molar-refractivity contribution in [3.05, 3.63) is 35.6 Å². The Hall–Kier alpha value is -1.62. The molecule has 2 rings (SSSR count). The highest BCUT2D eigenvalue weighted by atomic mass is 19.1. The fourth-order valence-electron chi connectivity index (χ4n) is 2.52. The van der Waals surface area contributed by atoms with Crippen molar-refractivity contribution in [2.24, 2.45) is 0 Å². The van der Waals surface area contributed by atoms with Crippen LogP contribution in [-0.4, -0.2) is 41.4 Å². The van der Waals surface area contributed by atoms with Crippen molar-refractivity contribution in [2.45, 2.75) is 31.8 Å². The number of benzene rings is 1. The molecule has 1 N–H and O–H groups in total. The normalized spacial score (nSPS) is 17.9. The molecule has 1 aromatic rings. The molecule has 1 aliphatic heterocycles. The van der Waals surface area contributed by atoms with E-state index in [1.54, 1.807) is 24.0 Å². The molecular formula is C15H20FNO3. The SMILES string of the molecule is CCOC(=O)N1CCC(O)(Cc2cccc(F)c2)CC1. The molecule has 1 fully saturated rings. The standard InChI is InChI=1S/C15H20FNO3/c1-2-20-14(18)17-8-6-15(19,7-9-17)11-12-4-3-5-13(16)10-12/h3-5,10,19H,2,6-9,11H2,1H3. The maximum Gasteiger partial charge on any atom is 0.409 e. The zero-order valence-corrected chi connectivity index (χ0v) is 11.6. The van der Waals surface area contributed by atoms with Crippen LogP contribution in [-0.2, 0) is 11.2 Å². The van der Waals surface area contributed by atoms with Crippen molar-refractivity contribution in [1.29, 1.82) is 0 Å². The van der Waals surface area contributed by atoms with Gasteiger partial charge in [-0.3, -0.25) is 0 Å². The summed E-state index contributed by atoms with van der Waals surface area (Å²) in [4.78, 5) is 13.2. The predicted octanol–water partition coefficient (Wildman–Crippen LogP) is 2.35. The van der Waals surface area contributed by atoms with E-state index in [4.69, 9.17) is 4.74 Å². The Balaban J connectivity index is 1.93. The van der Waals surface area contributed by atoms with Crippen molar-refractivity contribution in [1.82, 2.24) is 4.90 Å². The number of hydrogen-bond donors (Lipinski definition) is 1. The number of carbonyl (C=O) groups excluding carboxylic acids is 1. The molecule has 1 aliphatic rings. The number of rotatable bonds is 3. The first-order chi connectivity index (χ1) is 9.52. The van der Waals surface area contributed by atoms with Crippen LogP contribution < -0.4 is 0 Å². The van der Waals surface area contributed by atoms with E-state index in [0.29, 0.717) is 39.0 Å². The first-order valence-corrected chi connectivity index (χ1v) is 6.91. The molecule has 5 heteroatoms. The van der Waals surface area contributed by atoms with Gasteiger partial charge in [-0.1, -0.05) is 12.1 Å². The monoisotopic (exact) mass is 281 g/mol. The highest BCUT2D eigenvalue weighted by molar-refractivity contribution is 5.67. The number of likely N-dealkylation sites (tertiary alicyclic amines) is 1. The summed E-state index contributed by atoms with van der Waals surface area (Å²) in [5.41, 5.74) is -0.103. The first-order valence-electron chi connectivity index (χ1n) is 6.91. The van der Waals surface area contributed by atoms with Gasteiger partial charge in [0.05, 0.1) is 12.2 Å². The molecule has 1 amide bonds. The minimum Gasteiger partial charge on any atom is -0.450 e. The van der Waals surface area contributed by atoms with Gasteiger partial charge in [0.2, 0.25) is 0 Å². The van der Waals surface area contributed by atoms with E-state index in [1.165, 1.54) is 12.1 Å². The second-order valence-electron chi connectivity index (χ2n) is 5.22. The summed E-state index contributed by atoms with van der Waals surface area (Å²) in [5.74, 6) is -0.296. The van der Waals surface area contributed by atoms with E-state index in [1.807, 2.05) is 0 Å². The average Bonchev–Trinajstić information content (AvgIpc) is 2.39. The lowest BCUT2D eigenvalue weighted by atomic mass is 9.85. The predicted molar refractivity (Wildman–Crippen MR) is 72.9 cm³/mol. The molecule has 0 saturated carbocycles. The number of piperidine rings is 1. The molecule has 0 atom stereocenters. The summed E-state index contributed by atoms with van der Waals surface area (Å²) in [6, 6.07) is 6.27. The number of carbonyl (C=O) groups is 1. The molecular weight excluding hydrogens is 261 g/mol. The minimum atomic E-state index is -0.878. The first kappa shape index (κ1) is 14.8. The Morgan fingerprint density at radius 2 is 2.15 bits per heavy atom. The molecule has 4 nitrogen and oxygen atoms in total. The highest BCUT2D eigenvalue weighted by Gasteiger charge is 2.34. The molecule has 0 bridgehead atoms. The smallest absolute Gasteiger partial charge is 0.409 e. The molecule has 0 aromatic heterocycles. The van der Waals surface area contributed by atoms with Crippen molar-refractivity contribution >= 4 is 6.09 Å². The minimum absolute atomic E-state index is 0.296. The average molecular weight is 281 g/mol. The Labute approximate surface area is 118 Å². The molecule has 1 aromatic carbocycles. The number of aliphatic hydroxyl groups is 1. The Bertz CT molecular complexity index is 470. The molecule has 0 spiro atoms. The fraction of sp³-hybridized carbons (Fsp3) is 0.533. The van der Waals surface area contributed by atoms with Gasteiger partial charge in [-0.25, -0.2) is 9.18 Å². The summed E-state index contributed by atoms with van der Waals surface area (Å²) >= 11 is 0. The van der Waals surface area contributed by atoms with E-state index in [-0.39, 0.29) is 11.9 Å². The van der Waals surface area contributed by atoms with Crippen LogP contribution in [0, 0.1) is 5.82 Å². The van der Waals surface area contributed by atoms with Crippen molar-refractivity contribution in [3.63, 3.8) is 0 Å². The van der Waals surface area contributed by atoms with Crippen LogP contribution in [0.3, 0.4) is 0 Å². The van der Waals surface area contributed by atoms with Gasteiger partial charge < -0.3 is 14.7 Å². The quantitative estimate of drug-likeness (QED) is 0.925. The second kappa shape index (κ2) is 6.22. The lowest BCUT2D eigenvalue weighted by molar-refractivity contribution is -0.0194. The second-order valence-corrected chi connectivity index (χ2v) is 5.22. The molecule has 20 heavy (non-hydrogen) atoms. The molecule has 1 heterocycles. The van der Waals surface area contributed by atoms with E-state index in [0.717, 1.165) is 5.56 Å². The van der Waals surface area contributed by atoms with Gasteiger partial charge >= 0.3 is 6.09 Å². The molecule has 0 radical (unpaired) electrons. The Morgan fingerprint density at radius 3 is 2.75 bits per heavy atom. The zero-order chi connectivity index (χ0) is 14.6. The van der Waals surface area contributed by atoms with E-state index in [9.17, 15) is 14.3 Å². The summed E-state index contributed by atoms with van der Waals surface area (Å²) in [6.07, 6.45) is 1.02. The van der Waals surface area contributed by atoms with Gasteiger partial charge in [-0.05, 0) is 37.5 Å². The molecule has 1 saturated heterocycles. The zero-order valence-electron chi connectivity index (χ0n) is 11.6. The van der Waals surface area contributed by atoms with Gasteiger partial charge in [-0.2, -0.15) is 0 Å². The molecule has 0 aliphatic carbocycles. The summed E-state index contributed by atoms with van der Waals surface area (Å²) in [5, 5.41) is 10.5. The van der Waals surface area contributed by atoms with Gasteiger partial charge in [0.25, 0.3) is 0 Å². The maximum atomic E-state index is 13.1. The van der Waals surface area contributed by atoms with Crippen LogP contribution in [0.1, 0.15) is 25.3 Å². The topological polar surface area (TPSA) is 49.8 Å². The highest BCUT2D eigenvalue weighted by Crippen LogP contribution is 2.27. The Kier molecular flexibility index (Phi) is 4.60. The fourth-order valence-corrected chi connectivity index (χ4v) is 2.52. The van der Waals surface area contributed by atoms with Crippen LogP contribution in [0.15, 0.2) is 24.3 Å². The summed E-state index contributed by atoms with van der Waals surface area (Å²) in [6.45, 7) is 3.04. The molecule has 110 valence electrons. The van der Waals surface area contributed by atoms with Gasteiger partial charge in [0.1, 0.15) is 5.82 Å². The van der Waals surface area contributed by atoms with E-state index >= 15 is 0 Å². The van der Waals surface area contributed by atoms with Crippen molar-refractivity contribution in [2.75, 3.05) is 19.7 Å². The third-order valence-electron chi connectivity index (χ3n) is 3.64. The number of halogens is 1. The van der Waals surface area contributed by atoms with Crippen LogP contribution in [0.2, 0.25) is 0 Å². The maximum absolute atomic E-state index is 13.1. The Morgan fingerprint density at radius 1 is 1.45 bits per heavy atom. The van der Waals surface area contributed by atoms with Gasteiger partial charge in [-0.15, -0.1) is 0 Å². The van der Waals surface area contributed by atoms with Crippen molar-refractivity contribution < 1.29 is 19.0 Å². The van der Waals surface area contributed by atoms with Crippen LogP contribution >= 0.6 is 0 Å².